The first-order valence-corrected chi connectivity index (χ1v) is 6.30. The van der Waals surface area contributed by atoms with Gasteiger partial charge < -0.3 is 10.5 Å². The van der Waals surface area contributed by atoms with Gasteiger partial charge in [-0.15, -0.1) is 0 Å². The van der Waals surface area contributed by atoms with Gasteiger partial charge in [0.25, 0.3) is 0 Å². The summed E-state index contributed by atoms with van der Waals surface area (Å²) in [6.45, 7) is 7.17. The molecule has 0 fully saturated rings. The summed E-state index contributed by atoms with van der Waals surface area (Å²) in [5, 5.41) is 0.546. The highest BCUT2D eigenvalue weighted by atomic mass is 35.5. The lowest BCUT2D eigenvalue weighted by atomic mass is 9.93. The zero-order valence-corrected chi connectivity index (χ0v) is 12.0. The van der Waals surface area contributed by atoms with E-state index in [9.17, 15) is 0 Å². The molecule has 4 heteroatoms. The van der Waals surface area contributed by atoms with Crippen LogP contribution in [0.3, 0.4) is 0 Å². The zero-order chi connectivity index (χ0) is 13.1. The van der Waals surface area contributed by atoms with E-state index in [1.807, 2.05) is 6.07 Å². The van der Waals surface area contributed by atoms with Crippen molar-refractivity contribution in [1.82, 2.24) is 0 Å². The maximum atomic E-state index is 6.08. The van der Waals surface area contributed by atoms with Crippen LogP contribution in [0.25, 0.3) is 0 Å². The third kappa shape index (κ3) is 4.92. The maximum absolute atomic E-state index is 6.08. The Labute approximate surface area is 113 Å². The molecule has 0 saturated heterocycles. The molecule has 0 atom stereocenters. The maximum Gasteiger partial charge on any atom is 0.137 e. The second kappa shape index (κ2) is 5.69. The van der Waals surface area contributed by atoms with Crippen LogP contribution in [0, 0.1) is 5.41 Å². The highest BCUT2D eigenvalue weighted by molar-refractivity contribution is 7.80. The van der Waals surface area contributed by atoms with Crippen LogP contribution in [0.2, 0.25) is 5.02 Å². The summed E-state index contributed by atoms with van der Waals surface area (Å²) < 4.78 is 5.63. The molecule has 0 spiro atoms. The van der Waals surface area contributed by atoms with E-state index in [2.05, 4.69) is 20.8 Å². The molecule has 0 aromatic heterocycles. The Hall–Kier alpha value is -0.800. The van der Waals surface area contributed by atoms with Crippen molar-refractivity contribution in [2.24, 2.45) is 11.1 Å². The number of hydrogen-bond donors (Lipinski definition) is 1. The highest BCUT2D eigenvalue weighted by Crippen LogP contribution is 2.27. The Balaban J connectivity index is 2.64. The van der Waals surface area contributed by atoms with Gasteiger partial charge in [-0.2, -0.15) is 0 Å². The topological polar surface area (TPSA) is 35.2 Å². The quantitative estimate of drug-likeness (QED) is 0.847. The summed E-state index contributed by atoms with van der Waals surface area (Å²) >= 11 is 11.0. The van der Waals surface area contributed by atoms with E-state index in [4.69, 9.17) is 34.3 Å². The Morgan fingerprint density at radius 1 is 1.41 bits per heavy atom. The predicted octanol–water partition coefficient (Wildman–Crippen LogP) is 3.79. The molecule has 0 amide bonds. The van der Waals surface area contributed by atoms with Crippen molar-refractivity contribution < 1.29 is 4.74 Å². The molecule has 0 radical (unpaired) electrons. The molecule has 17 heavy (non-hydrogen) atoms. The van der Waals surface area contributed by atoms with Gasteiger partial charge >= 0.3 is 0 Å². The van der Waals surface area contributed by atoms with Crippen molar-refractivity contribution >= 4 is 28.8 Å². The van der Waals surface area contributed by atoms with E-state index in [0.29, 0.717) is 22.4 Å². The number of ether oxygens (including phenoxy) is 1. The number of rotatable bonds is 4. The van der Waals surface area contributed by atoms with Gasteiger partial charge in [0, 0.05) is 5.56 Å². The monoisotopic (exact) mass is 271 g/mol. The normalized spacial score (nSPS) is 11.3. The summed E-state index contributed by atoms with van der Waals surface area (Å²) in [7, 11) is 0. The third-order valence-electron chi connectivity index (χ3n) is 2.33. The second-order valence-electron chi connectivity index (χ2n) is 5.17. The Kier molecular flexibility index (Phi) is 4.78. The fraction of sp³-hybridized carbons (Fsp3) is 0.462. The Morgan fingerprint density at radius 3 is 2.53 bits per heavy atom. The van der Waals surface area contributed by atoms with Crippen molar-refractivity contribution in [2.45, 2.75) is 27.2 Å². The molecule has 0 aliphatic carbocycles. The largest absolute Gasteiger partial charge is 0.492 e. The van der Waals surface area contributed by atoms with Crippen molar-refractivity contribution in [3.8, 4) is 5.75 Å². The minimum absolute atomic E-state index is 0.255. The predicted molar refractivity (Wildman–Crippen MR) is 76.9 cm³/mol. The SMILES string of the molecule is CC(C)(C)CCOc1ccc(C(N)=S)cc1Cl. The summed E-state index contributed by atoms with van der Waals surface area (Å²) in [4.78, 5) is 0.341. The molecule has 0 saturated carbocycles. The number of halogens is 1. The van der Waals surface area contributed by atoms with Gasteiger partial charge in [0.1, 0.15) is 10.7 Å². The molecular weight excluding hydrogens is 254 g/mol. The molecule has 1 aromatic carbocycles. The van der Waals surface area contributed by atoms with Gasteiger partial charge in [0.05, 0.1) is 11.6 Å². The first-order chi connectivity index (χ1) is 7.79. The van der Waals surface area contributed by atoms with Crippen LogP contribution in [0.4, 0.5) is 0 Å². The molecule has 2 N–H and O–H groups in total. The van der Waals surface area contributed by atoms with E-state index in [1.165, 1.54) is 0 Å². The number of thiocarbonyl (C=S) groups is 1. The lowest BCUT2D eigenvalue weighted by molar-refractivity contribution is 0.243. The number of hydrogen-bond acceptors (Lipinski definition) is 2. The summed E-state index contributed by atoms with van der Waals surface area (Å²) in [6, 6.07) is 5.36. The minimum Gasteiger partial charge on any atom is -0.492 e. The van der Waals surface area contributed by atoms with Crippen LogP contribution >= 0.6 is 23.8 Å². The average molecular weight is 272 g/mol. The van der Waals surface area contributed by atoms with Crippen LogP contribution < -0.4 is 10.5 Å². The fourth-order valence-electron chi connectivity index (χ4n) is 1.24. The summed E-state index contributed by atoms with van der Waals surface area (Å²) in [5.74, 6) is 0.677. The molecule has 0 aliphatic heterocycles. The molecule has 2 nitrogen and oxygen atoms in total. The summed E-state index contributed by atoms with van der Waals surface area (Å²) in [6.07, 6.45) is 0.973. The van der Waals surface area contributed by atoms with E-state index in [1.54, 1.807) is 12.1 Å². The van der Waals surface area contributed by atoms with Crippen LogP contribution in [0.1, 0.15) is 32.8 Å². The lowest BCUT2D eigenvalue weighted by Crippen LogP contribution is -2.12. The molecule has 0 unspecified atom stereocenters. The van der Waals surface area contributed by atoms with Crippen molar-refractivity contribution in [1.29, 1.82) is 0 Å². The molecule has 0 aliphatic rings. The van der Waals surface area contributed by atoms with Crippen LogP contribution in [-0.2, 0) is 0 Å². The van der Waals surface area contributed by atoms with Crippen LogP contribution in [0.5, 0.6) is 5.75 Å². The van der Waals surface area contributed by atoms with E-state index < -0.39 is 0 Å². The number of benzene rings is 1. The standard InChI is InChI=1S/C13H18ClNOS/c1-13(2,3)6-7-16-11-5-4-9(12(15)17)8-10(11)14/h4-5,8H,6-7H2,1-3H3,(H2,15,17). The smallest absolute Gasteiger partial charge is 0.137 e. The van der Waals surface area contributed by atoms with E-state index >= 15 is 0 Å². The molecule has 0 bridgehead atoms. The molecule has 0 heterocycles. The summed E-state index contributed by atoms with van der Waals surface area (Å²) in [5.41, 5.74) is 6.53. The average Bonchev–Trinajstić information content (AvgIpc) is 2.18. The first kappa shape index (κ1) is 14.3. The van der Waals surface area contributed by atoms with Crippen molar-refractivity contribution in [2.75, 3.05) is 6.61 Å². The van der Waals surface area contributed by atoms with Gasteiger partial charge in [-0.1, -0.05) is 44.6 Å². The first-order valence-electron chi connectivity index (χ1n) is 5.52. The molecule has 1 aromatic rings. The van der Waals surface area contributed by atoms with E-state index in [-0.39, 0.29) is 5.41 Å². The highest BCUT2D eigenvalue weighted by Gasteiger charge is 2.11. The van der Waals surface area contributed by atoms with Gasteiger partial charge in [-0.25, -0.2) is 0 Å². The molecule has 1 rings (SSSR count). The zero-order valence-electron chi connectivity index (χ0n) is 10.4. The van der Waals surface area contributed by atoms with Crippen LogP contribution in [0.15, 0.2) is 18.2 Å². The Morgan fingerprint density at radius 2 is 2.06 bits per heavy atom. The molecule has 94 valence electrons. The minimum atomic E-state index is 0.255. The second-order valence-corrected chi connectivity index (χ2v) is 6.02. The Bertz CT molecular complexity index is 412. The van der Waals surface area contributed by atoms with Crippen molar-refractivity contribution in [3.63, 3.8) is 0 Å². The van der Waals surface area contributed by atoms with Crippen molar-refractivity contribution in [3.05, 3.63) is 28.8 Å². The fourth-order valence-corrected chi connectivity index (χ4v) is 1.60. The van der Waals surface area contributed by atoms with Gasteiger partial charge in [0.2, 0.25) is 0 Å². The molecular formula is C13H18ClNOS. The van der Waals surface area contributed by atoms with Gasteiger partial charge in [-0.05, 0) is 30.0 Å². The van der Waals surface area contributed by atoms with Gasteiger partial charge in [-0.3, -0.25) is 0 Å². The number of nitrogens with two attached hydrogens (primary N) is 1. The van der Waals surface area contributed by atoms with E-state index in [0.717, 1.165) is 12.0 Å². The third-order valence-corrected chi connectivity index (χ3v) is 2.86. The van der Waals surface area contributed by atoms with Gasteiger partial charge in [0.15, 0.2) is 0 Å². The van der Waals surface area contributed by atoms with Crippen LogP contribution in [-0.4, -0.2) is 11.6 Å². The lowest BCUT2D eigenvalue weighted by Gasteiger charge is -2.18.